The summed E-state index contributed by atoms with van der Waals surface area (Å²) in [6.07, 6.45) is 3.44. The van der Waals surface area contributed by atoms with Crippen LogP contribution in [-0.4, -0.2) is 16.1 Å². The number of nitrogens with zero attached hydrogens (tertiary/aromatic N) is 2. The van der Waals surface area contributed by atoms with Crippen molar-refractivity contribution in [3.63, 3.8) is 0 Å². The van der Waals surface area contributed by atoms with E-state index in [0.717, 1.165) is 13.1 Å². The Morgan fingerprint density at radius 3 is 2.47 bits per heavy atom. The van der Waals surface area contributed by atoms with Crippen molar-refractivity contribution < 1.29 is 0 Å². The first-order chi connectivity index (χ1) is 8.74. The number of nitrogens with one attached hydrogen (secondary N) is 1. The van der Waals surface area contributed by atoms with E-state index in [0.29, 0.717) is 17.7 Å². The van der Waals surface area contributed by atoms with Crippen molar-refractivity contribution in [3.05, 3.63) is 22.7 Å². The van der Waals surface area contributed by atoms with Crippen molar-refractivity contribution in [2.45, 2.75) is 48.1 Å². The predicted octanol–water partition coefficient (Wildman–Crippen LogP) is 2.99. The highest BCUT2D eigenvalue weighted by Gasteiger charge is 2.22. The van der Waals surface area contributed by atoms with Gasteiger partial charge in [-0.3, -0.25) is 4.79 Å². The van der Waals surface area contributed by atoms with Crippen molar-refractivity contribution in [1.82, 2.24) is 9.55 Å². The van der Waals surface area contributed by atoms with Crippen LogP contribution in [0.5, 0.6) is 0 Å². The molecule has 0 atom stereocenters. The first kappa shape index (κ1) is 15.7. The maximum atomic E-state index is 12.2. The van der Waals surface area contributed by atoms with Gasteiger partial charge >= 0.3 is 0 Å². The van der Waals surface area contributed by atoms with Crippen LogP contribution in [-0.2, 0) is 6.54 Å². The Kier molecular flexibility index (Phi) is 5.15. The highest BCUT2D eigenvalue weighted by atomic mass is 16.1. The molecule has 19 heavy (non-hydrogen) atoms. The lowest BCUT2D eigenvalue weighted by Gasteiger charge is -2.29. The van der Waals surface area contributed by atoms with Gasteiger partial charge in [0, 0.05) is 25.5 Å². The smallest absolute Gasteiger partial charge is 0.293 e. The SMILES string of the molecule is CC(C)Cn1ccnc(NCC(C)(C)C(C)C)c1=O. The summed E-state index contributed by atoms with van der Waals surface area (Å²) in [5, 5.41) is 3.20. The summed E-state index contributed by atoms with van der Waals surface area (Å²) < 4.78 is 1.72. The lowest BCUT2D eigenvalue weighted by Crippen LogP contribution is -2.32. The van der Waals surface area contributed by atoms with Crippen molar-refractivity contribution in [2.75, 3.05) is 11.9 Å². The zero-order valence-electron chi connectivity index (χ0n) is 13.0. The molecule has 0 saturated heterocycles. The normalized spacial score (nSPS) is 12.2. The molecule has 1 aromatic heterocycles. The van der Waals surface area contributed by atoms with Gasteiger partial charge in [0.05, 0.1) is 0 Å². The number of hydrogen-bond donors (Lipinski definition) is 1. The molecule has 0 bridgehead atoms. The summed E-state index contributed by atoms with van der Waals surface area (Å²) in [4.78, 5) is 16.4. The topological polar surface area (TPSA) is 46.9 Å². The molecule has 108 valence electrons. The van der Waals surface area contributed by atoms with E-state index in [1.165, 1.54) is 0 Å². The number of aromatic nitrogens is 2. The Hall–Kier alpha value is -1.32. The zero-order valence-corrected chi connectivity index (χ0v) is 13.0. The molecule has 0 aliphatic heterocycles. The average molecular weight is 265 g/mol. The molecule has 1 N–H and O–H groups in total. The summed E-state index contributed by atoms with van der Waals surface area (Å²) >= 11 is 0. The highest BCUT2D eigenvalue weighted by Crippen LogP contribution is 2.25. The van der Waals surface area contributed by atoms with Crippen LogP contribution in [0.25, 0.3) is 0 Å². The van der Waals surface area contributed by atoms with Gasteiger partial charge in [-0.1, -0.05) is 41.5 Å². The fourth-order valence-corrected chi connectivity index (χ4v) is 1.62. The lowest BCUT2D eigenvalue weighted by molar-refractivity contribution is 0.269. The van der Waals surface area contributed by atoms with Gasteiger partial charge in [-0.05, 0) is 17.3 Å². The fraction of sp³-hybridized carbons (Fsp3) is 0.733. The molecular weight excluding hydrogens is 238 g/mol. The molecule has 4 nitrogen and oxygen atoms in total. The minimum absolute atomic E-state index is 0.0317. The van der Waals surface area contributed by atoms with Gasteiger partial charge in [-0.2, -0.15) is 0 Å². The second-order valence-electron chi connectivity index (χ2n) is 6.62. The van der Waals surface area contributed by atoms with Crippen LogP contribution >= 0.6 is 0 Å². The van der Waals surface area contributed by atoms with Crippen molar-refractivity contribution >= 4 is 5.82 Å². The maximum absolute atomic E-state index is 12.2. The minimum atomic E-state index is -0.0317. The Morgan fingerprint density at radius 1 is 1.32 bits per heavy atom. The highest BCUT2D eigenvalue weighted by molar-refractivity contribution is 5.31. The largest absolute Gasteiger partial charge is 0.365 e. The molecule has 0 fully saturated rings. The average Bonchev–Trinajstić information content (AvgIpc) is 2.29. The molecule has 0 aliphatic rings. The second kappa shape index (κ2) is 6.22. The van der Waals surface area contributed by atoms with Gasteiger partial charge in [0.1, 0.15) is 0 Å². The first-order valence-corrected chi connectivity index (χ1v) is 7.03. The molecule has 0 spiro atoms. The van der Waals surface area contributed by atoms with E-state index in [1.807, 2.05) is 0 Å². The summed E-state index contributed by atoms with van der Waals surface area (Å²) in [6.45, 7) is 14.4. The Balaban J connectivity index is 2.83. The molecular formula is C15H27N3O. The summed E-state index contributed by atoms with van der Waals surface area (Å²) in [6, 6.07) is 0. The summed E-state index contributed by atoms with van der Waals surface area (Å²) in [5.74, 6) is 1.44. The standard InChI is InChI=1S/C15H27N3O/c1-11(2)9-18-8-7-16-13(14(18)19)17-10-15(5,6)12(3)4/h7-8,11-12H,9-10H2,1-6H3,(H,16,17). The third-order valence-electron chi connectivity index (χ3n) is 3.75. The van der Waals surface area contributed by atoms with Gasteiger partial charge in [0.15, 0.2) is 5.82 Å². The van der Waals surface area contributed by atoms with Crippen LogP contribution in [0.2, 0.25) is 0 Å². The van der Waals surface area contributed by atoms with E-state index in [1.54, 1.807) is 17.0 Å². The maximum Gasteiger partial charge on any atom is 0.293 e. The summed E-state index contributed by atoms with van der Waals surface area (Å²) in [7, 11) is 0. The van der Waals surface area contributed by atoms with Crippen molar-refractivity contribution in [2.24, 2.45) is 17.3 Å². The van der Waals surface area contributed by atoms with Gasteiger partial charge in [-0.15, -0.1) is 0 Å². The van der Waals surface area contributed by atoms with Crippen LogP contribution < -0.4 is 10.9 Å². The van der Waals surface area contributed by atoms with E-state index in [2.05, 4.69) is 51.8 Å². The molecule has 0 radical (unpaired) electrons. The van der Waals surface area contributed by atoms with E-state index < -0.39 is 0 Å². The molecule has 0 aromatic carbocycles. The first-order valence-electron chi connectivity index (χ1n) is 7.03. The van der Waals surface area contributed by atoms with E-state index in [9.17, 15) is 4.79 Å². The molecule has 1 rings (SSSR count). The van der Waals surface area contributed by atoms with Crippen LogP contribution in [0.15, 0.2) is 17.2 Å². The van der Waals surface area contributed by atoms with Crippen LogP contribution in [0.4, 0.5) is 5.82 Å². The Morgan fingerprint density at radius 2 is 1.95 bits per heavy atom. The van der Waals surface area contributed by atoms with Crippen molar-refractivity contribution in [1.29, 1.82) is 0 Å². The van der Waals surface area contributed by atoms with Crippen LogP contribution in [0.1, 0.15) is 41.5 Å². The van der Waals surface area contributed by atoms with Gasteiger partial charge < -0.3 is 9.88 Å². The van der Waals surface area contributed by atoms with Gasteiger partial charge in [0.25, 0.3) is 5.56 Å². The van der Waals surface area contributed by atoms with E-state index in [4.69, 9.17) is 0 Å². The monoisotopic (exact) mass is 265 g/mol. The molecule has 0 saturated carbocycles. The van der Waals surface area contributed by atoms with Crippen LogP contribution in [0.3, 0.4) is 0 Å². The minimum Gasteiger partial charge on any atom is -0.365 e. The van der Waals surface area contributed by atoms with Gasteiger partial charge in [-0.25, -0.2) is 4.98 Å². The number of hydrogen-bond acceptors (Lipinski definition) is 3. The van der Waals surface area contributed by atoms with Gasteiger partial charge in [0.2, 0.25) is 0 Å². The molecule has 1 heterocycles. The molecule has 4 heteroatoms. The molecule has 0 aliphatic carbocycles. The third kappa shape index (κ3) is 4.37. The van der Waals surface area contributed by atoms with E-state index in [-0.39, 0.29) is 11.0 Å². The quantitative estimate of drug-likeness (QED) is 0.860. The predicted molar refractivity (Wildman–Crippen MR) is 80.4 cm³/mol. The number of anilines is 1. The van der Waals surface area contributed by atoms with E-state index >= 15 is 0 Å². The summed E-state index contributed by atoms with van der Waals surface area (Å²) in [5.41, 5.74) is 0.100. The lowest BCUT2D eigenvalue weighted by atomic mass is 9.81. The second-order valence-corrected chi connectivity index (χ2v) is 6.62. The molecule has 0 amide bonds. The molecule has 1 aromatic rings. The Labute approximate surface area is 116 Å². The van der Waals surface area contributed by atoms with Crippen molar-refractivity contribution in [3.8, 4) is 0 Å². The number of rotatable bonds is 6. The fourth-order valence-electron chi connectivity index (χ4n) is 1.62. The Bertz CT molecular complexity index is 461. The third-order valence-corrected chi connectivity index (χ3v) is 3.75. The molecule has 0 unspecified atom stereocenters. The van der Waals surface area contributed by atoms with Crippen LogP contribution in [0, 0.1) is 17.3 Å². The zero-order chi connectivity index (χ0) is 14.6.